The number of methoxy groups -OCH3 is 1. The van der Waals surface area contributed by atoms with Crippen LogP contribution >= 0.6 is 0 Å². The molecule has 0 bridgehead atoms. The Balaban J connectivity index is 1.95. The van der Waals surface area contributed by atoms with Crippen LogP contribution in [-0.4, -0.2) is 52.0 Å². The van der Waals surface area contributed by atoms with E-state index in [1.54, 1.807) is 7.11 Å². The summed E-state index contributed by atoms with van der Waals surface area (Å²) < 4.78 is 10.3. The van der Waals surface area contributed by atoms with E-state index in [1.807, 2.05) is 0 Å². The molecule has 0 aromatic heterocycles. The predicted molar refractivity (Wildman–Crippen MR) is 59.2 cm³/mol. The van der Waals surface area contributed by atoms with Crippen molar-refractivity contribution in [3.05, 3.63) is 0 Å². The number of nitrogens with one attached hydrogen (secondary N) is 2. The van der Waals surface area contributed by atoms with Crippen molar-refractivity contribution in [1.29, 1.82) is 0 Å². The molecule has 0 atom stereocenters. The fraction of sp³-hybridized carbons (Fsp3) is 0.909. The molecule has 0 aromatic rings. The molecular weight excluding hydrogens is 208 g/mol. The molecule has 2 aliphatic heterocycles. The molecular formula is C11H20N2O3. The summed E-state index contributed by atoms with van der Waals surface area (Å²) in [4.78, 5) is 12.2. The van der Waals surface area contributed by atoms with Crippen LogP contribution in [0.2, 0.25) is 0 Å². The number of hydrogen-bond acceptors (Lipinski definition) is 4. The molecule has 2 fully saturated rings. The maximum absolute atomic E-state index is 12.2. The van der Waals surface area contributed by atoms with Gasteiger partial charge in [-0.2, -0.15) is 0 Å². The third-order valence-corrected chi connectivity index (χ3v) is 3.44. The smallest absolute Gasteiger partial charge is 0.229 e. The number of carbonyl (C=O) groups is 1. The molecule has 5 nitrogen and oxygen atoms in total. The van der Waals surface area contributed by atoms with E-state index in [0.717, 1.165) is 25.9 Å². The summed E-state index contributed by atoms with van der Waals surface area (Å²) in [6, 6.07) is 0.205. The van der Waals surface area contributed by atoms with Gasteiger partial charge in [0.15, 0.2) is 0 Å². The second kappa shape index (κ2) is 5.12. The van der Waals surface area contributed by atoms with E-state index in [4.69, 9.17) is 9.47 Å². The lowest BCUT2D eigenvalue weighted by Gasteiger charge is -2.38. The Labute approximate surface area is 95.9 Å². The van der Waals surface area contributed by atoms with Crippen LogP contribution in [0.3, 0.4) is 0 Å². The molecule has 2 saturated heterocycles. The van der Waals surface area contributed by atoms with Crippen molar-refractivity contribution < 1.29 is 14.3 Å². The van der Waals surface area contributed by atoms with Crippen molar-refractivity contribution in [3.8, 4) is 0 Å². The van der Waals surface area contributed by atoms with Crippen LogP contribution in [0.25, 0.3) is 0 Å². The van der Waals surface area contributed by atoms with Crippen LogP contribution in [-0.2, 0) is 14.3 Å². The summed E-state index contributed by atoms with van der Waals surface area (Å²) >= 11 is 0. The lowest BCUT2D eigenvalue weighted by Crippen LogP contribution is -2.56. The molecule has 0 spiro atoms. The normalized spacial score (nSPS) is 24.8. The molecule has 0 aromatic carbocycles. The molecule has 2 heterocycles. The number of rotatable bonds is 4. The first-order valence-electron chi connectivity index (χ1n) is 5.85. The Morgan fingerprint density at radius 2 is 2.19 bits per heavy atom. The van der Waals surface area contributed by atoms with Gasteiger partial charge in [0.25, 0.3) is 0 Å². The van der Waals surface area contributed by atoms with Crippen LogP contribution in [0.5, 0.6) is 0 Å². The zero-order valence-corrected chi connectivity index (χ0v) is 9.75. The van der Waals surface area contributed by atoms with Crippen molar-refractivity contribution in [2.75, 3.05) is 40.0 Å². The summed E-state index contributed by atoms with van der Waals surface area (Å²) in [7, 11) is 1.66. The van der Waals surface area contributed by atoms with Gasteiger partial charge in [-0.3, -0.25) is 4.79 Å². The van der Waals surface area contributed by atoms with Crippen molar-refractivity contribution in [3.63, 3.8) is 0 Å². The lowest BCUT2D eigenvalue weighted by molar-refractivity contribution is -0.140. The molecule has 2 N–H and O–H groups in total. The van der Waals surface area contributed by atoms with Gasteiger partial charge in [0, 0.05) is 7.11 Å². The summed E-state index contributed by atoms with van der Waals surface area (Å²) in [5.41, 5.74) is -0.338. The van der Waals surface area contributed by atoms with Crippen LogP contribution in [0.4, 0.5) is 0 Å². The van der Waals surface area contributed by atoms with E-state index < -0.39 is 0 Å². The van der Waals surface area contributed by atoms with Crippen molar-refractivity contribution >= 4 is 5.91 Å². The molecule has 5 heteroatoms. The van der Waals surface area contributed by atoms with Crippen LogP contribution in [0.15, 0.2) is 0 Å². The number of piperidine rings is 1. The van der Waals surface area contributed by atoms with Gasteiger partial charge >= 0.3 is 0 Å². The Morgan fingerprint density at radius 1 is 1.50 bits per heavy atom. The maximum Gasteiger partial charge on any atom is 0.229 e. The molecule has 2 rings (SSSR count). The van der Waals surface area contributed by atoms with Gasteiger partial charge in [-0.25, -0.2) is 0 Å². The SMILES string of the molecule is COCC1(C(=O)NC2COC2)CCNCC1. The molecule has 1 amide bonds. The average Bonchev–Trinajstić information content (AvgIpc) is 2.25. The first kappa shape index (κ1) is 11.8. The molecule has 92 valence electrons. The monoisotopic (exact) mass is 228 g/mol. The van der Waals surface area contributed by atoms with Crippen molar-refractivity contribution in [2.45, 2.75) is 18.9 Å². The molecule has 0 aliphatic carbocycles. The summed E-state index contributed by atoms with van der Waals surface area (Å²) in [5.74, 6) is 0.129. The van der Waals surface area contributed by atoms with Crippen molar-refractivity contribution in [1.82, 2.24) is 10.6 Å². The first-order chi connectivity index (χ1) is 7.77. The Morgan fingerprint density at radius 3 is 2.69 bits per heavy atom. The molecule has 0 unspecified atom stereocenters. The van der Waals surface area contributed by atoms with Gasteiger partial charge in [0.05, 0.1) is 31.3 Å². The Kier molecular flexibility index (Phi) is 3.78. The molecule has 16 heavy (non-hydrogen) atoms. The third kappa shape index (κ3) is 2.36. The second-order valence-electron chi connectivity index (χ2n) is 4.67. The standard InChI is InChI=1S/C11H20N2O3/c1-15-8-11(2-4-12-5-3-11)10(14)13-9-6-16-7-9/h9,12H,2-8H2,1H3,(H,13,14). The quantitative estimate of drug-likeness (QED) is 0.682. The number of amides is 1. The number of ether oxygens (including phenoxy) is 2. The minimum atomic E-state index is -0.338. The Hall–Kier alpha value is -0.650. The van der Waals surface area contributed by atoms with Gasteiger partial charge in [-0.05, 0) is 25.9 Å². The lowest BCUT2D eigenvalue weighted by atomic mass is 9.78. The fourth-order valence-corrected chi connectivity index (χ4v) is 2.28. The van der Waals surface area contributed by atoms with E-state index in [1.165, 1.54) is 0 Å². The summed E-state index contributed by atoms with van der Waals surface area (Å²) in [6.07, 6.45) is 1.69. The van der Waals surface area contributed by atoms with Crippen LogP contribution in [0, 0.1) is 5.41 Å². The van der Waals surface area contributed by atoms with E-state index in [9.17, 15) is 4.79 Å². The second-order valence-corrected chi connectivity index (χ2v) is 4.67. The topological polar surface area (TPSA) is 59.6 Å². The highest BCUT2D eigenvalue weighted by atomic mass is 16.5. The van der Waals surface area contributed by atoms with Crippen LogP contribution < -0.4 is 10.6 Å². The zero-order valence-electron chi connectivity index (χ0n) is 9.75. The van der Waals surface area contributed by atoms with Gasteiger partial charge in [0.2, 0.25) is 5.91 Å². The van der Waals surface area contributed by atoms with Gasteiger partial charge in [-0.1, -0.05) is 0 Å². The van der Waals surface area contributed by atoms with Gasteiger partial charge in [0.1, 0.15) is 0 Å². The highest BCUT2D eigenvalue weighted by Crippen LogP contribution is 2.29. The highest BCUT2D eigenvalue weighted by Gasteiger charge is 2.41. The van der Waals surface area contributed by atoms with E-state index >= 15 is 0 Å². The summed E-state index contributed by atoms with van der Waals surface area (Å²) in [5, 5.41) is 6.31. The van der Waals surface area contributed by atoms with E-state index in [0.29, 0.717) is 19.8 Å². The Bertz CT molecular complexity index is 242. The van der Waals surface area contributed by atoms with Crippen molar-refractivity contribution in [2.24, 2.45) is 5.41 Å². The number of hydrogen-bond donors (Lipinski definition) is 2. The third-order valence-electron chi connectivity index (χ3n) is 3.44. The minimum absolute atomic E-state index is 0.129. The maximum atomic E-state index is 12.2. The van der Waals surface area contributed by atoms with E-state index in [2.05, 4.69) is 10.6 Å². The van der Waals surface area contributed by atoms with E-state index in [-0.39, 0.29) is 17.4 Å². The van der Waals surface area contributed by atoms with Gasteiger partial charge in [-0.15, -0.1) is 0 Å². The highest BCUT2D eigenvalue weighted by molar-refractivity contribution is 5.83. The fourth-order valence-electron chi connectivity index (χ4n) is 2.28. The molecule has 0 radical (unpaired) electrons. The molecule has 0 saturated carbocycles. The average molecular weight is 228 g/mol. The van der Waals surface area contributed by atoms with Crippen LogP contribution in [0.1, 0.15) is 12.8 Å². The first-order valence-corrected chi connectivity index (χ1v) is 5.85. The predicted octanol–water partition coefficient (Wildman–Crippen LogP) is -0.482. The molecule has 2 aliphatic rings. The minimum Gasteiger partial charge on any atom is -0.384 e. The van der Waals surface area contributed by atoms with Gasteiger partial charge < -0.3 is 20.1 Å². The summed E-state index contributed by atoms with van der Waals surface area (Å²) in [6.45, 7) is 3.57. The largest absolute Gasteiger partial charge is 0.384 e. The zero-order chi connectivity index (χ0) is 11.4. The number of carbonyl (C=O) groups excluding carboxylic acids is 1.